The predicted octanol–water partition coefficient (Wildman–Crippen LogP) is -0.453. The van der Waals surface area contributed by atoms with E-state index in [-0.39, 0.29) is 5.56 Å². The largest absolute Gasteiger partial charge is 0.368 e. The highest BCUT2D eigenvalue weighted by molar-refractivity contribution is 5.99. The Balaban J connectivity index is 3.04. The predicted molar refractivity (Wildman–Crippen MR) is 65.4 cm³/mol. The van der Waals surface area contributed by atoms with Gasteiger partial charge in [-0.3, -0.25) is 14.4 Å². The second kappa shape index (κ2) is 5.94. The summed E-state index contributed by atoms with van der Waals surface area (Å²) in [6.45, 7) is 0.681. The second-order valence-electron chi connectivity index (χ2n) is 4.05. The van der Waals surface area contributed by atoms with E-state index in [1.54, 1.807) is 6.92 Å². The molecule has 0 fully saturated rings. The van der Waals surface area contributed by atoms with E-state index in [1.165, 1.54) is 12.1 Å². The highest BCUT2D eigenvalue weighted by atomic mass is 19.1. The van der Waals surface area contributed by atoms with Gasteiger partial charge in [0.15, 0.2) is 0 Å². The molecule has 0 spiro atoms. The lowest BCUT2D eigenvalue weighted by Crippen LogP contribution is -2.43. The van der Waals surface area contributed by atoms with E-state index in [2.05, 4.69) is 0 Å². The van der Waals surface area contributed by atoms with Crippen LogP contribution < -0.4 is 11.5 Å². The van der Waals surface area contributed by atoms with Crippen LogP contribution in [0.5, 0.6) is 0 Å². The van der Waals surface area contributed by atoms with Crippen molar-refractivity contribution in [2.24, 2.45) is 11.5 Å². The van der Waals surface area contributed by atoms with Crippen molar-refractivity contribution in [1.82, 2.24) is 4.90 Å². The van der Waals surface area contributed by atoms with Gasteiger partial charge in [0.05, 0.1) is 0 Å². The zero-order valence-corrected chi connectivity index (χ0v) is 10.4. The zero-order valence-electron chi connectivity index (χ0n) is 10.4. The molecule has 0 unspecified atom stereocenters. The SMILES string of the molecule is Cc1cc(F)ccc1C(=O)N(CC(N)=O)CC(N)=O. The number of nitrogens with two attached hydrogens (primary N) is 2. The van der Waals surface area contributed by atoms with Crippen LogP contribution in [-0.2, 0) is 9.59 Å². The van der Waals surface area contributed by atoms with E-state index in [9.17, 15) is 18.8 Å². The lowest BCUT2D eigenvalue weighted by molar-refractivity contribution is -0.121. The zero-order chi connectivity index (χ0) is 14.6. The monoisotopic (exact) mass is 267 g/mol. The average molecular weight is 267 g/mol. The third kappa shape index (κ3) is 4.06. The number of halogens is 1. The van der Waals surface area contributed by atoms with Gasteiger partial charge in [0, 0.05) is 5.56 Å². The van der Waals surface area contributed by atoms with Crippen LogP contribution in [0.25, 0.3) is 0 Å². The van der Waals surface area contributed by atoms with E-state index < -0.39 is 36.6 Å². The molecule has 0 aliphatic rings. The van der Waals surface area contributed by atoms with E-state index in [0.29, 0.717) is 5.56 Å². The molecule has 0 bridgehead atoms. The molecule has 102 valence electrons. The first-order valence-corrected chi connectivity index (χ1v) is 5.43. The van der Waals surface area contributed by atoms with Gasteiger partial charge in [-0.15, -0.1) is 0 Å². The van der Waals surface area contributed by atoms with E-state index in [4.69, 9.17) is 11.5 Å². The summed E-state index contributed by atoms with van der Waals surface area (Å²) in [5.74, 6) is -2.62. The molecule has 0 saturated carbocycles. The Kier molecular flexibility index (Phi) is 4.57. The summed E-state index contributed by atoms with van der Waals surface area (Å²) >= 11 is 0. The molecule has 0 aliphatic carbocycles. The first kappa shape index (κ1) is 14.6. The number of benzene rings is 1. The van der Waals surface area contributed by atoms with Gasteiger partial charge < -0.3 is 16.4 Å². The van der Waals surface area contributed by atoms with Gasteiger partial charge >= 0.3 is 0 Å². The van der Waals surface area contributed by atoms with Crippen LogP contribution in [0, 0.1) is 12.7 Å². The van der Waals surface area contributed by atoms with Gasteiger partial charge in [-0.1, -0.05) is 0 Å². The summed E-state index contributed by atoms with van der Waals surface area (Å²) in [6.07, 6.45) is 0. The van der Waals surface area contributed by atoms with Crippen molar-refractivity contribution in [2.75, 3.05) is 13.1 Å². The number of amides is 3. The number of nitrogens with zero attached hydrogens (tertiary/aromatic N) is 1. The lowest BCUT2D eigenvalue weighted by atomic mass is 10.1. The minimum Gasteiger partial charge on any atom is -0.368 e. The Hall–Kier alpha value is -2.44. The fraction of sp³-hybridized carbons (Fsp3) is 0.250. The molecule has 19 heavy (non-hydrogen) atoms. The number of carbonyl (C=O) groups excluding carboxylic acids is 3. The van der Waals surface area contributed by atoms with Crippen LogP contribution in [0.2, 0.25) is 0 Å². The molecule has 0 radical (unpaired) electrons. The third-order valence-electron chi connectivity index (χ3n) is 2.40. The maximum absolute atomic E-state index is 13.0. The molecule has 3 amide bonds. The summed E-state index contributed by atoms with van der Waals surface area (Å²) < 4.78 is 13.0. The minimum atomic E-state index is -0.769. The number of carbonyl (C=O) groups is 3. The standard InChI is InChI=1S/C12H14FN3O3/c1-7-4-8(13)2-3-9(7)12(19)16(5-10(14)17)6-11(15)18/h2-4H,5-6H2,1H3,(H2,14,17)(H2,15,18). The van der Waals surface area contributed by atoms with Gasteiger partial charge in [-0.25, -0.2) is 4.39 Å². The molecule has 0 saturated heterocycles. The van der Waals surface area contributed by atoms with Crippen LogP contribution in [-0.4, -0.2) is 35.7 Å². The molecule has 1 rings (SSSR count). The maximum Gasteiger partial charge on any atom is 0.255 e. The van der Waals surface area contributed by atoms with E-state index in [1.807, 2.05) is 0 Å². The Morgan fingerprint density at radius 1 is 1.16 bits per heavy atom. The van der Waals surface area contributed by atoms with Crippen LogP contribution >= 0.6 is 0 Å². The van der Waals surface area contributed by atoms with Crippen molar-refractivity contribution in [3.8, 4) is 0 Å². The number of hydrogen-bond donors (Lipinski definition) is 2. The number of aryl methyl sites for hydroxylation is 1. The van der Waals surface area contributed by atoms with Crippen molar-refractivity contribution >= 4 is 17.7 Å². The van der Waals surface area contributed by atoms with Crippen LogP contribution in [0.1, 0.15) is 15.9 Å². The van der Waals surface area contributed by atoms with Crippen LogP contribution in [0.4, 0.5) is 4.39 Å². The summed E-state index contributed by atoms with van der Waals surface area (Å²) in [5, 5.41) is 0. The minimum absolute atomic E-state index is 0.184. The third-order valence-corrected chi connectivity index (χ3v) is 2.40. The summed E-state index contributed by atoms with van der Waals surface area (Å²) in [6, 6.07) is 3.58. The van der Waals surface area contributed by atoms with Crippen LogP contribution in [0.3, 0.4) is 0 Å². The molecule has 0 aromatic heterocycles. The smallest absolute Gasteiger partial charge is 0.255 e. The molecular formula is C12H14FN3O3. The highest BCUT2D eigenvalue weighted by Gasteiger charge is 2.21. The first-order chi connectivity index (χ1) is 8.81. The molecule has 0 aliphatic heterocycles. The molecule has 6 nitrogen and oxygen atoms in total. The molecule has 4 N–H and O–H groups in total. The van der Waals surface area contributed by atoms with Gasteiger partial charge in [-0.2, -0.15) is 0 Å². The second-order valence-corrected chi connectivity index (χ2v) is 4.05. The van der Waals surface area contributed by atoms with Crippen molar-refractivity contribution in [1.29, 1.82) is 0 Å². The van der Waals surface area contributed by atoms with Crippen molar-refractivity contribution in [2.45, 2.75) is 6.92 Å². The summed E-state index contributed by atoms with van der Waals surface area (Å²) in [7, 11) is 0. The van der Waals surface area contributed by atoms with Crippen LogP contribution in [0.15, 0.2) is 18.2 Å². The Labute approximate surface area is 109 Å². The first-order valence-electron chi connectivity index (χ1n) is 5.43. The van der Waals surface area contributed by atoms with Gasteiger partial charge in [0.1, 0.15) is 18.9 Å². The fourth-order valence-electron chi connectivity index (χ4n) is 1.61. The Morgan fingerprint density at radius 3 is 2.11 bits per heavy atom. The summed E-state index contributed by atoms with van der Waals surface area (Å²) in [4.78, 5) is 34.8. The topological polar surface area (TPSA) is 106 Å². The van der Waals surface area contributed by atoms with Crippen molar-refractivity contribution < 1.29 is 18.8 Å². The molecule has 1 aromatic carbocycles. The van der Waals surface area contributed by atoms with Gasteiger partial charge in [-0.05, 0) is 30.7 Å². The molecule has 0 atom stereocenters. The Bertz CT molecular complexity index is 515. The fourth-order valence-corrected chi connectivity index (χ4v) is 1.61. The van der Waals surface area contributed by atoms with Gasteiger partial charge in [0.2, 0.25) is 11.8 Å². The lowest BCUT2D eigenvalue weighted by Gasteiger charge is -2.20. The average Bonchev–Trinajstić information content (AvgIpc) is 2.26. The van der Waals surface area contributed by atoms with Gasteiger partial charge in [0.25, 0.3) is 5.91 Å². The maximum atomic E-state index is 13.0. The normalized spacial score (nSPS) is 10.0. The highest BCUT2D eigenvalue weighted by Crippen LogP contribution is 2.12. The number of rotatable bonds is 5. The van der Waals surface area contributed by atoms with Crippen molar-refractivity contribution in [3.63, 3.8) is 0 Å². The molecular weight excluding hydrogens is 253 g/mol. The van der Waals surface area contributed by atoms with E-state index in [0.717, 1.165) is 11.0 Å². The molecule has 1 aromatic rings. The quantitative estimate of drug-likeness (QED) is 0.754. The van der Waals surface area contributed by atoms with E-state index >= 15 is 0 Å². The molecule has 7 heteroatoms. The van der Waals surface area contributed by atoms with Crippen molar-refractivity contribution in [3.05, 3.63) is 35.1 Å². The number of primary amides is 2. The Morgan fingerprint density at radius 2 is 1.68 bits per heavy atom. The summed E-state index contributed by atoms with van der Waals surface area (Å²) in [5.41, 5.74) is 10.6. The molecule has 0 heterocycles. The number of hydrogen-bond acceptors (Lipinski definition) is 3.